The fraction of sp³-hybridized carbons (Fsp3) is 0.200. The molecule has 3 heterocycles. The van der Waals surface area contributed by atoms with Gasteiger partial charge < -0.3 is 15.7 Å². The van der Waals surface area contributed by atoms with E-state index in [0.717, 1.165) is 6.07 Å². The first-order valence-corrected chi connectivity index (χ1v) is 9.02. The van der Waals surface area contributed by atoms with E-state index in [1.807, 2.05) is 0 Å². The number of anilines is 1. The number of carbonyl (C=O) groups is 4. The van der Waals surface area contributed by atoms with Crippen molar-refractivity contribution in [3.05, 3.63) is 46.8 Å². The molecule has 0 bridgehead atoms. The summed E-state index contributed by atoms with van der Waals surface area (Å²) in [5.74, 6) is -1.95. The van der Waals surface area contributed by atoms with Crippen LogP contribution in [0.3, 0.4) is 0 Å². The van der Waals surface area contributed by atoms with Crippen molar-refractivity contribution in [2.75, 3.05) is 5.73 Å². The highest BCUT2D eigenvalue weighted by atomic mass is 19.1. The number of aromatic nitrogens is 1. The minimum atomic E-state index is -0.721. The van der Waals surface area contributed by atoms with Crippen LogP contribution in [0.5, 0.6) is 0 Å². The molecule has 2 aliphatic heterocycles. The van der Waals surface area contributed by atoms with Crippen LogP contribution in [0.1, 0.15) is 34.3 Å². The lowest BCUT2D eigenvalue weighted by molar-refractivity contribution is -0.137. The number of nitrogens with one attached hydrogen (secondary N) is 1. The monoisotopic (exact) mass is 425 g/mol. The Balaban J connectivity index is 0.000000858. The molecular formula is C20H16FN5O5. The predicted molar refractivity (Wildman–Crippen MR) is 103 cm³/mol. The standard InChI is InChI=1S/C19H14FN5O3.CH2O2/c20-13-6-10(7-21)17(22)24-16(13)9-1-2-12-11(5-9)8-25(19(12)28)14-3-4-15(26)23-18(14)27;2-1-3/h1-2,5-6,14H,3-4,8H2,(H2,22,24)(H,23,26,27);1H,(H,2,3). The van der Waals surface area contributed by atoms with Gasteiger partial charge in [-0.25, -0.2) is 9.37 Å². The van der Waals surface area contributed by atoms with Gasteiger partial charge in [-0.3, -0.25) is 24.5 Å². The summed E-state index contributed by atoms with van der Waals surface area (Å²) < 4.78 is 14.4. The van der Waals surface area contributed by atoms with E-state index in [1.165, 1.54) is 4.90 Å². The van der Waals surface area contributed by atoms with Gasteiger partial charge in [-0.2, -0.15) is 5.26 Å². The molecular weight excluding hydrogens is 409 g/mol. The number of pyridine rings is 1. The molecule has 158 valence electrons. The number of nitriles is 1. The minimum absolute atomic E-state index is 0.0220. The second kappa shape index (κ2) is 8.58. The fourth-order valence-corrected chi connectivity index (χ4v) is 3.52. The summed E-state index contributed by atoms with van der Waals surface area (Å²) in [6.45, 7) is -0.0817. The predicted octanol–water partition coefficient (Wildman–Crippen LogP) is 0.803. The third-order valence-electron chi connectivity index (χ3n) is 4.92. The molecule has 1 unspecified atom stereocenters. The quantitative estimate of drug-likeness (QED) is 0.469. The summed E-state index contributed by atoms with van der Waals surface area (Å²) >= 11 is 0. The molecule has 0 aliphatic carbocycles. The molecule has 4 rings (SSSR count). The van der Waals surface area contributed by atoms with Gasteiger partial charge >= 0.3 is 0 Å². The third kappa shape index (κ3) is 4.04. The Kier molecular flexibility index (Phi) is 5.92. The van der Waals surface area contributed by atoms with E-state index in [2.05, 4.69) is 10.3 Å². The van der Waals surface area contributed by atoms with Crippen molar-refractivity contribution in [2.45, 2.75) is 25.4 Å². The number of nitrogens with zero attached hydrogens (tertiary/aromatic N) is 3. The highest BCUT2D eigenvalue weighted by Crippen LogP contribution is 2.32. The second-order valence-corrected chi connectivity index (χ2v) is 6.74. The Morgan fingerprint density at radius 1 is 1.32 bits per heavy atom. The maximum absolute atomic E-state index is 14.4. The molecule has 4 N–H and O–H groups in total. The first-order valence-electron chi connectivity index (χ1n) is 9.02. The maximum atomic E-state index is 14.4. The van der Waals surface area contributed by atoms with Crippen LogP contribution >= 0.6 is 0 Å². The summed E-state index contributed by atoms with van der Waals surface area (Å²) in [4.78, 5) is 49.9. The SMILES string of the molecule is N#Cc1cc(F)c(-c2ccc3c(c2)CN(C2CCC(=O)NC2=O)C3=O)nc1N.O=CO. The fourth-order valence-electron chi connectivity index (χ4n) is 3.52. The molecule has 11 heteroatoms. The second-order valence-electron chi connectivity index (χ2n) is 6.74. The Morgan fingerprint density at radius 2 is 2.03 bits per heavy atom. The molecule has 1 fully saturated rings. The normalized spacial score (nSPS) is 17.2. The first-order chi connectivity index (χ1) is 14.8. The average molecular weight is 425 g/mol. The number of nitrogens with two attached hydrogens (primary N) is 1. The zero-order valence-corrected chi connectivity index (χ0v) is 16.0. The third-order valence-corrected chi connectivity index (χ3v) is 4.92. The number of hydrogen-bond donors (Lipinski definition) is 3. The van der Waals surface area contributed by atoms with Crippen molar-refractivity contribution in [1.29, 1.82) is 5.26 Å². The lowest BCUT2D eigenvalue weighted by atomic mass is 10.0. The number of fused-ring (bicyclic) bond motifs is 1. The van der Waals surface area contributed by atoms with E-state index in [0.29, 0.717) is 16.7 Å². The van der Waals surface area contributed by atoms with Crippen LogP contribution in [0.4, 0.5) is 10.2 Å². The lowest BCUT2D eigenvalue weighted by Crippen LogP contribution is -2.52. The number of amides is 3. The summed E-state index contributed by atoms with van der Waals surface area (Å²) in [7, 11) is 0. The van der Waals surface area contributed by atoms with Crippen LogP contribution in [-0.4, -0.2) is 45.2 Å². The van der Waals surface area contributed by atoms with Crippen molar-refractivity contribution in [1.82, 2.24) is 15.2 Å². The van der Waals surface area contributed by atoms with E-state index >= 15 is 0 Å². The van der Waals surface area contributed by atoms with Gasteiger partial charge in [0.1, 0.15) is 23.6 Å². The first kappa shape index (κ1) is 21.4. The largest absolute Gasteiger partial charge is 0.483 e. The summed E-state index contributed by atoms with van der Waals surface area (Å²) in [6, 6.07) is 6.78. The number of hydrogen-bond acceptors (Lipinski definition) is 7. The van der Waals surface area contributed by atoms with Gasteiger partial charge in [0, 0.05) is 24.1 Å². The average Bonchev–Trinajstić information content (AvgIpc) is 3.05. The number of carbonyl (C=O) groups excluding carboxylic acids is 3. The summed E-state index contributed by atoms with van der Waals surface area (Å²) in [5, 5.41) is 18.1. The maximum Gasteiger partial charge on any atom is 0.290 e. The molecule has 0 radical (unpaired) electrons. The molecule has 2 aromatic rings. The number of nitrogen functional groups attached to an aromatic ring is 1. The molecule has 3 amide bonds. The Bertz CT molecular complexity index is 1140. The van der Waals surface area contributed by atoms with Crippen molar-refractivity contribution in [2.24, 2.45) is 0 Å². The number of piperidine rings is 1. The van der Waals surface area contributed by atoms with E-state index in [4.69, 9.17) is 20.9 Å². The van der Waals surface area contributed by atoms with Crippen LogP contribution in [0.25, 0.3) is 11.3 Å². The molecule has 1 aromatic heterocycles. The number of benzene rings is 1. The van der Waals surface area contributed by atoms with Crippen molar-refractivity contribution in [3.8, 4) is 17.3 Å². The lowest BCUT2D eigenvalue weighted by Gasteiger charge is -2.29. The van der Waals surface area contributed by atoms with Crippen LogP contribution in [0.15, 0.2) is 24.3 Å². The van der Waals surface area contributed by atoms with Gasteiger partial charge in [0.25, 0.3) is 12.4 Å². The van der Waals surface area contributed by atoms with Crippen LogP contribution < -0.4 is 11.1 Å². The summed E-state index contributed by atoms with van der Waals surface area (Å²) in [6.07, 6.45) is 0.432. The van der Waals surface area contributed by atoms with Crippen molar-refractivity contribution >= 4 is 30.0 Å². The van der Waals surface area contributed by atoms with Crippen LogP contribution in [-0.2, 0) is 20.9 Å². The minimum Gasteiger partial charge on any atom is -0.483 e. The van der Waals surface area contributed by atoms with Gasteiger partial charge in [-0.15, -0.1) is 0 Å². The zero-order chi connectivity index (χ0) is 22.7. The van der Waals surface area contributed by atoms with Gasteiger partial charge in [0.15, 0.2) is 5.82 Å². The smallest absolute Gasteiger partial charge is 0.290 e. The van der Waals surface area contributed by atoms with E-state index < -0.39 is 17.8 Å². The number of carboxylic acid groups (broad SMARTS) is 1. The molecule has 1 aromatic carbocycles. The molecule has 0 spiro atoms. The Hall–Kier alpha value is -4.33. The molecule has 31 heavy (non-hydrogen) atoms. The van der Waals surface area contributed by atoms with E-state index in [-0.39, 0.29) is 54.7 Å². The van der Waals surface area contributed by atoms with Gasteiger partial charge in [0.2, 0.25) is 11.8 Å². The topological polar surface area (TPSA) is 166 Å². The molecule has 0 saturated carbocycles. The Labute approximate surface area is 175 Å². The van der Waals surface area contributed by atoms with Crippen molar-refractivity contribution < 1.29 is 28.7 Å². The highest BCUT2D eigenvalue weighted by Gasteiger charge is 2.39. The highest BCUT2D eigenvalue weighted by molar-refractivity contribution is 6.05. The number of imide groups is 1. The number of rotatable bonds is 2. The molecule has 2 aliphatic rings. The van der Waals surface area contributed by atoms with Gasteiger partial charge in [-0.1, -0.05) is 6.07 Å². The number of halogens is 1. The van der Waals surface area contributed by atoms with Crippen molar-refractivity contribution in [3.63, 3.8) is 0 Å². The van der Waals surface area contributed by atoms with Gasteiger partial charge in [0.05, 0.1) is 5.56 Å². The van der Waals surface area contributed by atoms with E-state index in [1.54, 1.807) is 24.3 Å². The van der Waals surface area contributed by atoms with Gasteiger partial charge in [-0.05, 0) is 30.2 Å². The summed E-state index contributed by atoms with van der Waals surface area (Å²) in [5.41, 5.74) is 7.05. The Morgan fingerprint density at radius 3 is 2.68 bits per heavy atom. The van der Waals surface area contributed by atoms with Crippen LogP contribution in [0.2, 0.25) is 0 Å². The van der Waals surface area contributed by atoms with Crippen LogP contribution in [0, 0.1) is 17.1 Å². The molecule has 10 nitrogen and oxygen atoms in total. The molecule has 1 atom stereocenters. The van der Waals surface area contributed by atoms with E-state index in [9.17, 15) is 18.8 Å². The zero-order valence-electron chi connectivity index (χ0n) is 16.0. The molecule has 1 saturated heterocycles.